The molecule has 0 spiro atoms. The summed E-state index contributed by atoms with van der Waals surface area (Å²) in [5, 5.41) is 2.55. The summed E-state index contributed by atoms with van der Waals surface area (Å²) >= 11 is 0. The van der Waals surface area contributed by atoms with Crippen molar-refractivity contribution in [2.24, 2.45) is 5.73 Å². The van der Waals surface area contributed by atoms with E-state index in [1.54, 1.807) is 0 Å². The zero-order chi connectivity index (χ0) is 10.1. The first-order valence-electron chi connectivity index (χ1n) is 4.93. The van der Waals surface area contributed by atoms with Gasteiger partial charge in [0.05, 0.1) is 0 Å². The summed E-state index contributed by atoms with van der Waals surface area (Å²) < 4.78 is 0. The minimum atomic E-state index is 0.0977. The van der Waals surface area contributed by atoms with Gasteiger partial charge in [-0.25, -0.2) is 0 Å². The third-order valence-corrected chi connectivity index (χ3v) is 2.56. The minimum absolute atomic E-state index is 0.0977. The van der Waals surface area contributed by atoms with Gasteiger partial charge in [0.1, 0.15) is 0 Å². The normalized spacial score (nSPS) is 13.1. The summed E-state index contributed by atoms with van der Waals surface area (Å²) in [4.78, 5) is 0. The molecule has 0 aliphatic carbocycles. The van der Waals surface area contributed by atoms with Crippen molar-refractivity contribution in [3.63, 3.8) is 0 Å². The topological polar surface area (TPSA) is 26.0 Å². The van der Waals surface area contributed by atoms with Crippen molar-refractivity contribution < 1.29 is 0 Å². The van der Waals surface area contributed by atoms with Crippen molar-refractivity contribution in [1.82, 2.24) is 0 Å². The van der Waals surface area contributed by atoms with Crippen molar-refractivity contribution in [2.75, 3.05) is 0 Å². The van der Waals surface area contributed by atoms with Gasteiger partial charge < -0.3 is 5.73 Å². The number of aryl methyl sites for hydroxylation is 1. The van der Waals surface area contributed by atoms with Gasteiger partial charge in [-0.15, -0.1) is 0 Å². The molecule has 14 heavy (non-hydrogen) atoms. The number of hydrogen-bond donors (Lipinski definition) is 1. The molecule has 2 aromatic carbocycles. The molecule has 0 amide bonds. The van der Waals surface area contributed by atoms with E-state index in [-0.39, 0.29) is 6.04 Å². The van der Waals surface area contributed by atoms with Crippen molar-refractivity contribution in [2.45, 2.75) is 19.9 Å². The Labute approximate surface area is 84.5 Å². The smallest absolute Gasteiger partial charge is 0.0272 e. The fraction of sp³-hybridized carbons (Fsp3) is 0.231. The van der Waals surface area contributed by atoms with Crippen LogP contribution in [0.25, 0.3) is 10.8 Å². The van der Waals surface area contributed by atoms with Gasteiger partial charge in [-0.3, -0.25) is 0 Å². The summed E-state index contributed by atoms with van der Waals surface area (Å²) in [6.45, 7) is 4.13. The highest BCUT2D eigenvalue weighted by molar-refractivity contribution is 5.86. The molecule has 0 saturated heterocycles. The number of rotatable bonds is 1. The molecule has 0 aliphatic heterocycles. The van der Waals surface area contributed by atoms with E-state index in [4.69, 9.17) is 5.73 Å². The average molecular weight is 185 g/mol. The third kappa shape index (κ3) is 1.51. The van der Waals surface area contributed by atoms with Gasteiger partial charge in [0.15, 0.2) is 0 Å². The zero-order valence-electron chi connectivity index (χ0n) is 8.62. The third-order valence-electron chi connectivity index (χ3n) is 2.56. The molecule has 2 rings (SSSR count). The fourth-order valence-corrected chi connectivity index (χ4v) is 1.81. The standard InChI is InChI=1S/C13H15N/c1-9-6-7-11-4-3-5-12(10(2)14)13(11)8-9/h3-8,10H,14H2,1-2H3. The lowest BCUT2D eigenvalue weighted by atomic mass is 9.99. The molecule has 1 heteroatoms. The van der Waals surface area contributed by atoms with E-state index in [0.717, 1.165) is 0 Å². The maximum atomic E-state index is 5.93. The molecule has 2 N–H and O–H groups in total. The van der Waals surface area contributed by atoms with Gasteiger partial charge >= 0.3 is 0 Å². The molecular formula is C13H15N. The SMILES string of the molecule is Cc1ccc2cccc(C(C)N)c2c1. The molecule has 0 radical (unpaired) electrons. The van der Waals surface area contributed by atoms with Gasteiger partial charge in [-0.1, -0.05) is 42.0 Å². The van der Waals surface area contributed by atoms with E-state index >= 15 is 0 Å². The van der Waals surface area contributed by atoms with Crippen LogP contribution in [-0.2, 0) is 0 Å². The second-order valence-electron chi connectivity index (χ2n) is 3.86. The average Bonchev–Trinajstić information content (AvgIpc) is 2.16. The predicted molar refractivity (Wildman–Crippen MR) is 61.3 cm³/mol. The molecule has 1 nitrogen and oxygen atoms in total. The molecule has 0 aromatic heterocycles. The highest BCUT2D eigenvalue weighted by Crippen LogP contribution is 2.23. The Bertz CT molecular complexity index is 458. The van der Waals surface area contributed by atoms with Gasteiger partial charge in [-0.2, -0.15) is 0 Å². The predicted octanol–water partition coefficient (Wildman–Crippen LogP) is 3.17. The lowest BCUT2D eigenvalue weighted by Crippen LogP contribution is -2.05. The fourth-order valence-electron chi connectivity index (χ4n) is 1.81. The lowest BCUT2D eigenvalue weighted by Gasteiger charge is -2.10. The Hall–Kier alpha value is -1.34. The Balaban J connectivity index is 2.77. The summed E-state index contributed by atoms with van der Waals surface area (Å²) in [7, 11) is 0. The van der Waals surface area contributed by atoms with Gasteiger partial charge in [0, 0.05) is 6.04 Å². The van der Waals surface area contributed by atoms with E-state index in [0.29, 0.717) is 0 Å². The largest absolute Gasteiger partial charge is 0.324 e. The van der Waals surface area contributed by atoms with E-state index < -0.39 is 0 Å². The number of nitrogens with two attached hydrogens (primary N) is 1. The first-order valence-corrected chi connectivity index (χ1v) is 4.93. The summed E-state index contributed by atoms with van der Waals surface area (Å²) in [5.41, 5.74) is 8.44. The Morgan fingerprint density at radius 1 is 1.14 bits per heavy atom. The molecule has 0 fully saturated rings. The molecular weight excluding hydrogens is 170 g/mol. The van der Waals surface area contributed by atoms with Crippen molar-refractivity contribution in [1.29, 1.82) is 0 Å². The monoisotopic (exact) mass is 185 g/mol. The zero-order valence-corrected chi connectivity index (χ0v) is 8.62. The van der Waals surface area contributed by atoms with Gasteiger partial charge in [-0.05, 0) is 30.2 Å². The van der Waals surface area contributed by atoms with Crippen LogP contribution in [0.3, 0.4) is 0 Å². The van der Waals surface area contributed by atoms with E-state index in [1.165, 1.54) is 21.9 Å². The van der Waals surface area contributed by atoms with E-state index in [1.807, 2.05) is 6.92 Å². The van der Waals surface area contributed by atoms with Crippen LogP contribution in [0.1, 0.15) is 24.1 Å². The van der Waals surface area contributed by atoms with Crippen LogP contribution in [0, 0.1) is 6.92 Å². The maximum Gasteiger partial charge on any atom is 0.0272 e. The van der Waals surface area contributed by atoms with Gasteiger partial charge in [0.2, 0.25) is 0 Å². The number of fused-ring (bicyclic) bond motifs is 1. The quantitative estimate of drug-likeness (QED) is 0.725. The van der Waals surface area contributed by atoms with Crippen LogP contribution in [0.5, 0.6) is 0 Å². The Morgan fingerprint density at radius 3 is 2.64 bits per heavy atom. The van der Waals surface area contributed by atoms with E-state index in [2.05, 4.69) is 43.3 Å². The Morgan fingerprint density at radius 2 is 1.93 bits per heavy atom. The molecule has 1 unspecified atom stereocenters. The van der Waals surface area contributed by atoms with Crippen molar-refractivity contribution in [3.05, 3.63) is 47.5 Å². The molecule has 1 atom stereocenters. The minimum Gasteiger partial charge on any atom is -0.324 e. The van der Waals surface area contributed by atoms with Crippen LogP contribution in [-0.4, -0.2) is 0 Å². The van der Waals surface area contributed by atoms with Crippen molar-refractivity contribution in [3.8, 4) is 0 Å². The highest BCUT2D eigenvalue weighted by atomic mass is 14.6. The van der Waals surface area contributed by atoms with Gasteiger partial charge in [0.25, 0.3) is 0 Å². The van der Waals surface area contributed by atoms with Crippen LogP contribution in [0.15, 0.2) is 36.4 Å². The van der Waals surface area contributed by atoms with Crippen LogP contribution >= 0.6 is 0 Å². The summed E-state index contributed by atoms with van der Waals surface area (Å²) in [5.74, 6) is 0. The highest BCUT2D eigenvalue weighted by Gasteiger charge is 2.04. The van der Waals surface area contributed by atoms with Crippen LogP contribution in [0.2, 0.25) is 0 Å². The van der Waals surface area contributed by atoms with E-state index in [9.17, 15) is 0 Å². The second-order valence-corrected chi connectivity index (χ2v) is 3.86. The molecule has 2 aromatic rings. The molecule has 0 saturated carbocycles. The summed E-state index contributed by atoms with van der Waals surface area (Å²) in [6, 6.07) is 12.9. The van der Waals surface area contributed by atoms with Crippen LogP contribution < -0.4 is 5.73 Å². The van der Waals surface area contributed by atoms with Crippen LogP contribution in [0.4, 0.5) is 0 Å². The molecule has 0 aliphatic rings. The van der Waals surface area contributed by atoms with Crippen molar-refractivity contribution >= 4 is 10.8 Å². The summed E-state index contributed by atoms with van der Waals surface area (Å²) in [6.07, 6.45) is 0. The second kappa shape index (κ2) is 3.43. The number of hydrogen-bond acceptors (Lipinski definition) is 1. The Kier molecular flexibility index (Phi) is 2.26. The molecule has 72 valence electrons. The molecule has 0 heterocycles. The first kappa shape index (κ1) is 9.22. The number of benzene rings is 2. The first-order chi connectivity index (χ1) is 6.68. The maximum absolute atomic E-state index is 5.93. The lowest BCUT2D eigenvalue weighted by molar-refractivity contribution is 0.826. The molecule has 0 bridgehead atoms.